The number of esters is 1. The molecule has 0 unspecified atom stereocenters. The number of carbonyl (C=O) groups is 1. The third-order valence-corrected chi connectivity index (χ3v) is 4.21. The van der Waals surface area contributed by atoms with Gasteiger partial charge in [0.1, 0.15) is 17.9 Å². The molecule has 1 N–H and O–H groups in total. The lowest BCUT2D eigenvalue weighted by Gasteiger charge is -2.11. The summed E-state index contributed by atoms with van der Waals surface area (Å²) in [5.41, 5.74) is 0.839. The molecule has 28 heavy (non-hydrogen) atoms. The zero-order valence-electron chi connectivity index (χ0n) is 15.6. The molecule has 0 atom stereocenters. The summed E-state index contributed by atoms with van der Waals surface area (Å²) < 4.78 is 21.0. The molecule has 3 aromatic rings. The van der Waals surface area contributed by atoms with Gasteiger partial charge in [-0.15, -0.1) is 0 Å². The van der Waals surface area contributed by atoms with Crippen molar-refractivity contribution < 1.29 is 28.5 Å². The van der Waals surface area contributed by atoms with Gasteiger partial charge in [0.15, 0.2) is 18.1 Å². The van der Waals surface area contributed by atoms with E-state index in [0.717, 1.165) is 0 Å². The van der Waals surface area contributed by atoms with E-state index in [1.165, 1.54) is 19.2 Å². The van der Waals surface area contributed by atoms with E-state index in [9.17, 15) is 14.7 Å². The molecule has 0 aliphatic rings. The van der Waals surface area contributed by atoms with Gasteiger partial charge in [-0.2, -0.15) is 0 Å². The van der Waals surface area contributed by atoms with Crippen LogP contribution in [0.3, 0.4) is 0 Å². The summed E-state index contributed by atoms with van der Waals surface area (Å²) in [7, 11) is 1.51. The SMILES string of the molecule is CCc1cc2c(COC(=O)COc3ccccc3OC)cc(=O)oc2cc1O. The van der Waals surface area contributed by atoms with Crippen LogP contribution in [0.15, 0.2) is 51.7 Å². The first-order valence-electron chi connectivity index (χ1n) is 8.72. The van der Waals surface area contributed by atoms with Crippen LogP contribution in [0.2, 0.25) is 0 Å². The van der Waals surface area contributed by atoms with Crippen molar-refractivity contribution in [3.8, 4) is 17.2 Å². The van der Waals surface area contributed by atoms with Crippen LogP contribution in [0.4, 0.5) is 0 Å². The Hall–Kier alpha value is -3.48. The molecule has 7 heteroatoms. The Labute approximate surface area is 161 Å². The maximum atomic E-state index is 12.1. The van der Waals surface area contributed by atoms with E-state index in [2.05, 4.69) is 0 Å². The monoisotopic (exact) mass is 384 g/mol. The number of fused-ring (bicyclic) bond motifs is 1. The molecule has 0 fully saturated rings. The highest BCUT2D eigenvalue weighted by Crippen LogP contribution is 2.28. The van der Waals surface area contributed by atoms with Gasteiger partial charge in [0.25, 0.3) is 0 Å². The third-order valence-electron chi connectivity index (χ3n) is 4.21. The summed E-state index contributed by atoms with van der Waals surface area (Å²) in [4.78, 5) is 23.8. The largest absolute Gasteiger partial charge is 0.508 e. The Morgan fingerprint density at radius 2 is 1.86 bits per heavy atom. The molecule has 2 aromatic carbocycles. The van der Waals surface area contributed by atoms with Gasteiger partial charge >= 0.3 is 11.6 Å². The molecule has 1 aromatic heterocycles. The predicted octanol–water partition coefficient (Wildman–Crippen LogP) is 3.19. The molecule has 0 aliphatic heterocycles. The number of methoxy groups -OCH3 is 1. The van der Waals surface area contributed by atoms with Crippen molar-refractivity contribution in [3.63, 3.8) is 0 Å². The number of phenols is 1. The van der Waals surface area contributed by atoms with Crippen LogP contribution >= 0.6 is 0 Å². The molecule has 0 bridgehead atoms. The highest BCUT2D eigenvalue weighted by atomic mass is 16.6. The van der Waals surface area contributed by atoms with Crippen LogP contribution in [0.25, 0.3) is 11.0 Å². The Bertz CT molecular complexity index is 1050. The lowest BCUT2D eigenvalue weighted by Crippen LogP contribution is -2.15. The van der Waals surface area contributed by atoms with Crippen molar-refractivity contribution in [2.24, 2.45) is 0 Å². The average molecular weight is 384 g/mol. The molecule has 3 rings (SSSR count). The molecule has 0 amide bonds. The van der Waals surface area contributed by atoms with Gasteiger partial charge in [0, 0.05) is 23.1 Å². The first-order chi connectivity index (χ1) is 13.5. The fourth-order valence-electron chi connectivity index (χ4n) is 2.78. The Morgan fingerprint density at radius 3 is 2.57 bits per heavy atom. The van der Waals surface area contributed by atoms with Crippen LogP contribution in [-0.2, 0) is 22.6 Å². The molecule has 0 saturated carbocycles. The van der Waals surface area contributed by atoms with Crippen LogP contribution in [-0.4, -0.2) is 24.8 Å². The summed E-state index contributed by atoms with van der Waals surface area (Å²) in [6.45, 7) is 1.47. The molecule has 0 spiro atoms. The van der Waals surface area contributed by atoms with Crippen molar-refractivity contribution in [3.05, 3.63) is 64.0 Å². The van der Waals surface area contributed by atoms with Crippen molar-refractivity contribution in [2.45, 2.75) is 20.0 Å². The average Bonchev–Trinajstić information content (AvgIpc) is 2.70. The van der Waals surface area contributed by atoms with Crippen LogP contribution in [0, 0.1) is 0 Å². The molecule has 7 nitrogen and oxygen atoms in total. The number of para-hydroxylation sites is 2. The second kappa shape index (κ2) is 8.47. The Balaban J connectivity index is 1.72. The van der Waals surface area contributed by atoms with Crippen molar-refractivity contribution in [2.75, 3.05) is 13.7 Å². The standard InChI is InChI=1S/C21H20O7/c1-3-13-8-15-14(9-20(23)28-19(15)10-16(13)22)11-27-21(24)12-26-18-7-5-4-6-17(18)25-2/h4-10,22H,3,11-12H2,1-2H3. The van der Waals surface area contributed by atoms with E-state index in [1.807, 2.05) is 6.92 Å². The van der Waals surface area contributed by atoms with Gasteiger partial charge in [0.2, 0.25) is 0 Å². The molecule has 1 heterocycles. The van der Waals surface area contributed by atoms with E-state index in [-0.39, 0.29) is 24.5 Å². The number of hydrogen-bond donors (Lipinski definition) is 1. The number of aryl methyl sites for hydroxylation is 1. The number of aromatic hydroxyl groups is 1. The number of hydrogen-bond acceptors (Lipinski definition) is 7. The third kappa shape index (κ3) is 4.25. The number of phenolic OH excluding ortho intramolecular Hbond substituents is 1. The molecule has 0 aliphatic carbocycles. The summed E-state index contributed by atoms with van der Waals surface area (Å²) in [5, 5.41) is 10.6. The van der Waals surface area contributed by atoms with E-state index in [0.29, 0.717) is 34.4 Å². The van der Waals surface area contributed by atoms with Gasteiger partial charge in [-0.3, -0.25) is 0 Å². The second-order valence-corrected chi connectivity index (χ2v) is 6.02. The number of rotatable bonds is 7. The summed E-state index contributed by atoms with van der Waals surface area (Å²) >= 11 is 0. The molecular weight excluding hydrogens is 364 g/mol. The second-order valence-electron chi connectivity index (χ2n) is 6.02. The highest BCUT2D eigenvalue weighted by Gasteiger charge is 2.13. The molecule has 146 valence electrons. The molecule has 0 saturated heterocycles. The molecule has 0 radical (unpaired) electrons. The fourth-order valence-corrected chi connectivity index (χ4v) is 2.78. The van der Waals surface area contributed by atoms with E-state index < -0.39 is 11.6 Å². The Morgan fingerprint density at radius 1 is 1.11 bits per heavy atom. The Kier molecular flexibility index (Phi) is 5.84. The lowest BCUT2D eigenvalue weighted by molar-refractivity contribution is -0.147. The smallest absolute Gasteiger partial charge is 0.344 e. The summed E-state index contributed by atoms with van der Waals surface area (Å²) in [6.07, 6.45) is 0.604. The van der Waals surface area contributed by atoms with E-state index >= 15 is 0 Å². The number of carbonyl (C=O) groups excluding carboxylic acids is 1. The molecular formula is C21H20O7. The normalized spacial score (nSPS) is 10.6. The van der Waals surface area contributed by atoms with Crippen molar-refractivity contribution in [1.82, 2.24) is 0 Å². The fraction of sp³-hybridized carbons (Fsp3) is 0.238. The van der Waals surface area contributed by atoms with Crippen molar-refractivity contribution >= 4 is 16.9 Å². The predicted molar refractivity (Wildman–Crippen MR) is 102 cm³/mol. The minimum Gasteiger partial charge on any atom is -0.508 e. The van der Waals surface area contributed by atoms with Crippen LogP contribution in [0.5, 0.6) is 17.2 Å². The van der Waals surface area contributed by atoms with Crippen LogP contribution < -0.4 is 15.1 Å². The first kappa shape index (κ1) is 19.3. The zero-order chi connectivity index (χ0) is 20.1. The van der Waals surface area contributed by atoms with E-state index in [1.54, 1.807) is 30.3 Å². The maximum absolute atomic E-state index is 12.1. The van der Waals surface area contributed by atoms with Gasteiger partial charge in [-0.1, -0.05) is 19.1 Å². The van der Waals surface area contributed by atoms with Gasteiger partial charge in [-0.05, 0) is 30.2 Å². The quantitative estimate of drug-likeness (QED) is 0.494. The van der Waals surface area contributed by atoms with Gasteiger partial charge in [-0.25, -0.2) is 9.59 Å². The van der Waals surface area contributed by atoms with Gasteiger partial charge in [0.05, 0.1) is 7.11 Å². The van der Waals surface area contributed by atoms with Crippen LogP contribution in [0.1, 0.15) is 18.1 Å². The number of ether oxygens (including phenoxy) is 3. The van der Waals surface area contributed by atoms with Crippen molar-refractivity contribution in [1.29, 1.82) is 0 Å². The number of benzene rings is 2. The lowest BCUT2D eigenvalue weighted by atomic mass is 10.0. The summed E-state index contributed by atoms with van der Waals surface area (Å²) in [5.74, 6) is 0.393. The highest BCUT2D eigenvalue weighted by molar-refractivity contribution is 5.83. The first-order valence-corrected chi connectivity index (χ1v) is 8.72. The minimum absolute atomic E-state index is 0.0532. The van der Waals surface area contributed by atoms with E-state index in [4.69, 9.17) is 18.6 Å². The minimum atomic E-state index is -0.596. The van der Waals surface area contributed by atoms with Gasteiger partial charge < -0.3 is 23.7 Å². The topological polar surface area (TPSA) is 95.2 Å². The summed E-state index contributed by atoms with van der Waals surface area (Å²) in [6, 6.07) is 11.3. The zero-order valence-corrected chi connectivity index (χ0v) is 15.6. The maximum Gasteiger partial charge on any atom is 0.344 e.